The second-order valence-electron chi connectivity index (χ2n) is 7.19. The van der Waals surface area contributed by atoms with Crippen molar-refractivity contribution in [2.75, 3.05) is 29.6 Å². The first-order chi connectivity index (χ1) is 13.4. The number of para-hydroxylation sites is 1. The number of carbonyl (C=O) groups is 1. The number of nitrogens with zero attached hydrogens (tertiary/aromatic N) is 2. The Morgan fingerprint density at radius 3 is 2.39 bits per heavy atom. The van der Waals surface area contributed by atoms with E-state index in [0.29, 0.717) is 17.3 Å². The average Bonchev–Trinajstić information content (AvgIpc) is 2.69. The molecule has 0 fully saturated rings. The molecule has 5 heteroatoms. The highest BCUT2D eigenvalue weighted by atomic mass is 16.1. The molecular formula is C23H26N4O. The van der Waals surface area contributed by atoms with Crippen molar-refractivity contribution in [1.82, 2.24) is 4.98 Å². The van der Waals surface area contributed by atoms with Gasteiger partial charge in [0.2, 0.25) is 0 Å². The molecule has 144 valence electrons. The van der Waals surface area contributed by atoms with Crippen LogP contribution in [0, 0.1) is 0 Å². The smallest absolute Gasteiger partial charge is 0.255 e. The summed E-state index contributed by atoms with van der Waals surface area (Å²) in [5.74, 6) is 0.806. The van der Waals surface area contributed by atoms with Crippen LogP contribution in [-0.2, 0) is 0 Å². The van der Waals surface area contributed by atoms with Crippen LogP contribution in [-0.4, -0.2) is 25.0 Å². The molecule has 0 atom stereocenters. The molecule has 1 amide bonds. The highest BCUT2D eigenvalue weighted by Gasteiger charge is 2.12. The third-order valence-electron chi connectivity index (χ3n) is 4.51. The van der Waals surface area contributed by atoms with E-state index < -0.39 is 0 Å². The van der Waals surface area contributed by atoms with Crippen molar-refractivity contribution in [1.29, 1.82) is 0 Å². The van der Waals surface area contributed by atoms with Gasteiger partial charge in [0.15, 0.2) is 0 Å². The van der Waals surface area contributed by atoms with Gasteiger partial charge in [0, 0.05) is 42.9 Å². The van der Waals surface area contributed by atoms with Crippen LogP contribution < -0.4 is 15.5 Å². The Morgan fingerprint density at radius 1 is 1.00 bits per heavy atom. The van der Waals surface area contributed by atoms with E-state index in [2.05, 4.69) is 29.5 Å². The summed E-state index contributed by atoms with van der Waals surface area (Å²) < 4.78 is 0. The third-order valence-corrected chi connectivity index (χ3v) is 4.51. The Morgan fingerprint density at radius 2 is 1.71 bits per heavy atom. The van der Waals surface area contributed by atoms with Gasteiger partial charge in [-0.25, -0.2) is 4.98 Å². The van der Waals surface area contributed by atoms with Gasteiger partial charge < -0.3 is 15.5 Å². The second kappa shape index (κ2) is 8.57. The van der Waals surface area contributed by atoms with Crippen molar-refractivity contribution in [3.05, 3.63) is 78.0 Å². The number of hydrogen-bond acceptors (Lipinski definition) is 4. The molecule has 0 saturated heterocycles. The first-order valence-electron chi connectivity index (χ1n) is 9.35. The van der Waals surface area contributed by atoms with E-state index in [9.17, 15) is 4.79 Å². The normalized spacial score (nSPS) is 10.6. The van der Waals surface area contributed by atoms with E-state index >= 15 is 0 Å². The van der Waals surface area contributed by atoms with Crippen molar-refractivity contribution in [2.45, 2.75) is 19.8 Å². The van der Waals surface area contributed by atoms with Crippen LogP contribution in [0.2, 0.25) is 0 Å². The summed E-state index contributed by atoms with van der Waals surface area (Å²) in [5, 5.41) is 6.27. The summed E-state index contributed by atoms with van der Waals surface area (Å²) in [7, 11) is 4.01. The molecule has 0 saturated carbocycles. The van der Waals surface area contributed by atoms with Crippen LogP contribution in [0.5, 0.6) is 0 Å². The molecule has 0 spiro atoms. The zero-order valence-electron chi connectivity index (χ0n) is 16.7. The minimum Gasteiger partial charge on any atom is -0.378 e. The molecule has 0 bridgehead atoms. The van der Waals surface area contributed by atoms with Gasteiger partial charge in [0.1, 0.15) is 5.82 Å². The molecule has 28 heavy (non-hydrogen) atoms. The lowest BCUT2D eigenvalue weighted by atomic mass is 10.0. The third kappa shape index (κ3) is 4.68. The lowest BCUT2D eigenvalue weighted by Gasteiger charge is -2.14. The first kappa shape index (κ1) is 19.4. The molecule has 0 aliphatic carbocycles. The van der Waals surface area contributed by atoms with Gasteiger partial charge in [-0.3, -0.25) is 4.79 Å². The van der Waals surface area contributed by atoms with E-state index in [1.807, 2.05) is 67.5 Å². The number of amides is 1. The summed E-state index contributed by atoms with van der Waals surface area (Å²) in [6.07, 6.45) is 1.64. The highest BCUT2D eigenvalue weighted by molar-refractivity contribution is 6.05. The Balaban J connectivity index is 1.75. The van der Waals surface area contributed by atoms with Crippen LogP contribution in [0.4, 0.5) is 22.9 Å². The molecule has 1 heterocycles. The zero-order valence-corrected chi connectivity index (χ0v) is 16.7. The molecule has 1 aromatic heterocycles. The van der Waals surface area contributed by atoms with Crippen LogP contribution in [0.25, 0.3) is 0 Å². The molecule has 2 N–H and O–H groups in total. The van der Waals surface area contributed by atoms with Crippen molar-refractivity contribution >= 4 is 28.8 Å². The first-order valence-corrected chi connectivity index (χ1v) is 9.35. The predicted octanol–water partition coefficient (Wildman–Crippen LogP) is 5.27. The molecule has 3 aromatic rings. The molecule has 0 radical (unpaired) electrons. The summed E-state index contributed by atoms with van der Waals surface area (Å²) >= 11 is 0. The summed E-state index contributed by atoms with van der Waals surface area (Å²) in [4.78, 5) is 19.1. The average molecular weight is 374 g/mol. The number of aromatic nitrogens is 1. The SMILES string of the molecule is CC(C)c1ccccc1NC(=O)c1ccnc(Nc2ccc(N(C)C)cc2)c1. The maximum atomic E-state index is 12.7. The van der Waals surface area contributed by atoms with Gasteiger partial charge in [0.25, 0.3) is 5.91 Å². The maximum Gasteiger partial charge on any atom is 0.255 e. The van der Waals surface area contributed by atoms with Crippen LogP contribution in [0.15, 0.2) is 66.9 Å². The lowest BCUT2D eigenvalue weighted by Crippen LogP contribution is -2.14. The van der Waals surface area contributed by atoms with Crippen LogP contribution >= 0.6 is 0 Å². The van der Waals surface area contributed by atoms with Gasteiger partial charge >= 0.3 is 0 Å². The van der Waals surface area contributed by atoms with Crippen LogP contribution in [0.1, 0.15) is 35.7 Å². The van der Waals surface area contributed by atoms with Gasteiger partial charge in [0.05, 0.1) is 0 Å². The van der Waals surface area contributed by atoms with Gasteiger partial charge in [-0.1, -0.05) is 32.0 Å². The topological polar surface area (TPSA) is 57.3 Å². The van der Waals surface area contributed by atoms with Crippen LogP contribution in [0.3, 0.4) is 0 Å². The number of anilines is 4. The van der Waals surface area contributed by atoms with Crippen molar-refractivity contribution in [2.24, 2.45) is 0 Å². The van der Waals surface area contributed by atoms with E-state index in [1.54, 1.807) is 18.3 Å². The minimum absolute atomic E-state index is 0.151. The highest BCUT2D eigenvalue weighted by Crippen LogP contribution is 2.25. The Bertz CT molecular complexity index is 949. The minimum atomic E-state index is -0.151. The molecule has 0 aliphatic rings. The molecule has 3 rings (SSSR count). The maximum absolute atomic E-state index is 12.7. The largest absolute Gasteiger partial charge is 0.378 e. The Hall–Kier alpha value is -3.34. The van der Waals surface area contributed by atoms with E-state index in [-0.39, 0.29) is 5.91 Å². The fraction of sp³-hybridized carbons (Fsp3) is 0.217. The molecule has 0 unspecified atom stereocenters. The molecule has 2 aromatic carbocycles. The monoisotopic (exact) mass is 374 g/mol. The predicted molar refractivity (Wildman–Crippen MR) is 117 cm³/mol. The quantitative estimate of drug-likeness (QED) is 0.617. The van der Waals surface area contributed by atoms with Crippen molar-refractivity contribution in [3.63, 3.8) is 0 Å². The van der Waals surface area contributed by atoms with Gasteiger partial charge in [-0.2, -0.15) is 0 Å². The number of benzene rings is 2. The Kier molecular flexibility index (Phi) is 5.94. The number of hydrogen-bond donors (Lipinski definition) is 2. The van der Waals surface area contributed by atoms with E-state index in [0.717, 1.165) is 22.6 Å². The van der Waals surface area contributed by atoms with Gasteiger partial charge in [-0.05, 0) is 53.9 Å². The fourth-order valence-corrected chi connectivity index (χ4v) is 2.94. The fourth-order valence-electron chi connectivity index (χ4n) is 2.94. The number of pyridine rings is 1. The molecule has 5 nitrogen and oxygen atoms in total. The number of rotatable bonds is 6. The summed E-state index contributed by atoms with van der Waals surface area (Å²) in [5.41, 5.74) is 4.55. The molecular weight excluding hydrogens is 348 g/mol. The van der Waals surface area contributed by atoms with E-state index in [4.69, 9.17) is 0 Å². The second-order valence-corrected chi connectivity index (χ2v) is 7.19. The summed E-state index contributed by atoms with van der Waals surface area (Å²) in [6.45, 7) is 4.22. The Labute approximate surface area is 166 Å². The number of nitrogens with one attached hydrogen (secondary N) is 2. The lowest BCUT2D eigenvalue weighted by molar-refractivity contribution is 0.102. The zero-order chi connectivity index (χ0) is 20.1. The van der Waals surface area contributed by atoms with Crippen molar-refractivity contribution < 1.29 is 4.79 Å². The standard InChI is InChI=1S/C23H26N4O/c1-16(2)20-7-5-6-8-21(20)26-23(28)17-13-14-24-22(15-17)25-18-9-11-19(12-10-18)27(3)4/h5-16H,1-4H3,(H,24,25)(H,26,28). The van der Waals surface area contributed by atoms with Gasteiger partial charge in [-0.15, -0.1) is 0 Å². The van der Waals surface area contributed by atoms with Crippen molar-refractivity contribution in [3.8, 4) is 0 Å². The number of carbonyl (C=O) groups excluding carboxylic acids is 1. The van der Waals surface area contributed by atoms with E-state index in [1.165, 1.54) is 0 Å². The summed E-state index contributed by atoms with van der Waals surface area (Å²) in [6, 6.07) is 19.4. The molecule has 0 aliphatic heterocycles.